The Morgan fingerprint density at radius 1 is 1.21 bits per heavy atom. The Kier molecular flexibility index (Phi) is 4.51. The highest BCUT2D eigenvalue weighted by atomic mass is 16.2. The van der Waals surface area contributed by atoms with E-state index in [1.807, 2.05) is 62.4 Å². The third-order valence-corrected chi connectivity index (χ3v) is 4.20. The van der Waals surface area contributed by atoms with Gasteiger partial charge in [0.05, 0.1) is 17.9 Å². The van der Waals surface area contributed by atoms with Crippen LogP contribution in [0.15, 0.2) is 48.5 Å². The van der Waals surface area contributed by atoms with E-state index in [0.717, 1.165) is 16.9 Å². The van der Waals surface area contributed by atoms with E-state index in [4.69, 9.17) is 0 Å². The predicted octanol–water partition coefficient (Wildman–Crippen LogP) is 3.17. The van der Waals surface area contributed by atoms with Gasteiger partial charge < -0.3 is 15.5 Å². The third-order valence-electron chi connectivity index (χ3n) is 4.20. The molecule has 124 valence electrons. The van der Waals surface area contributed by atoms with Crippen LogP contribution in [0.5, 0.6) is 0 Å². The van der Waals surface area contributed by atoms with Crippen LogP contribution in [0.25, 0.3) is 0 Å². The van der Waals surface area contributed by atoms with Gasteiger partial charge in [0.25, 0.3) is 0 Å². The van der Waals surface area contributed by atoms with Crippen molar-refractivity contribution < 1.29 is 9.59 Å². The topological polar surface area (TPSA) is 61.4 Å². The van der Waals surface area contributed by atoms with Crippen LogP contribution < -0.4 is 15.5 Å². The fourth-order valence-corrected chi connectivity index (χ4v) is 3.00. The lowest BCUT2D eigenvalue weighted by Crippen LogP contribution is -2.42. The van der Waals surface area contributed by atoms with Gasteiger partial charge in [-0.15, -0.1) is 0 Å². The normalized spacial score (nSPS) is 16.8. The van der Waals surface area contributed by atoms with E-state index in [1.165, 1.54) is 0 Å². The Bertz CT molecular complexity index is 773. The molecule has 0 aliphatic carbocycles. The quantitative estimate of drug-likeness (QED) is 0.912. The molecule has 0 spiro atoms. The molecule has 1 aliphatic heterocycles. The Hall–Kier alpha value is -2.82. The van der Waals surface area contributed by atoms with Gasteiger partial charge in [-0.2, -0.15) is 0 Å². The van der Waals surface area contributed by atoms with Crippen molar-refractivity contribution in [2.45, 2.75) is 26.3 Å². The summed E-state index contributed by atoms with van der Waals surface area (Å²) in [6.07, 6.45) is 0.283. The maximum atomic E-state index is 12.8. The van der Waals surface area contributed by atoms with E-state index < -0.39 is 0 Å². The highest BCUT2D eigenvalue weighted by molar-refractivity contribution is 6.05. The van der Waals surface area contributed by atoms with Crippen LogP contribution >= 0.6 is 0 Å². The van der Waals surface area contributed by atoms with Crippen LogP contribution in [-0.2, 0) is 9.59 Å². The summed E-state index contributed by atoms with van der Waals surface area (Å²) in [4.78, 5) is 26.5. The van der Waals surface area contributed by atoms with Gasteiger partial charge in [-0.05, 0) is 37.6 Å². The SMILES string of the molecule is Cc1ccccc1NCC(=O)N1c2ccccc2NC(=O)C[C@H]1C. The number of carbonyl (C=O) groups is 2. The number of hydrogen-bond acceptors (Lipinski definition) is 3. The molecule has 5 heteroatoms. The molecule has 0 unspecified atom stereocenters. The van der Waals surface area contributed by atoms with Crippen molar-refractivity contribution >= 4 is 28.9 Å². The van der Waals surface area contributed by atoms with Crippen molar-refractivity contribution in [1.82, 2.24) is 0 Å². The minimum Gasteiger partial charge on any atom is -0.376 e. The summed E-state index contributed by atoms with van der Waals surface area (Å²) in [6, 6.07) is 15.1. The Labute approximate surface area is 141 Å². The molecule has 2 aromatic carbocycles. The molecule has 0 fully saturated rings. The molecule has 3 rings (SSSR count). The summed E-state index contributed by atoms with van der Waals surface area (Å²) in [5.74, 6) is -0.133. The number of hydrogen-bond donors (Lipinski definition) is 2. The number of rotatable bonds is 3. The molecule has 1 atom stereocenters. The van der Waals surface area contributed by atoms with E-state index in [2.05, 4.69) is 10.6 Å². The average molecular weight is 323 g/mol. The van der Waals surface area contributed by atoms with Crippen molar-refractivity contribution in [3.05, 3.63) is 54.1 Å². The number of carbonyl (C=O) groups excluding carboxylic acids is 2. The Morgan fingerprint density at radius 3 is 2.71 bits per heavy atom. The van der Waals surface area contributed by atoms with Crippen molar-refractivity contribution in [1.29, 1.82) is 0 Å². The molecule has 24 heavy (non-hydrogen) atoms. The number of para-hydroxylation sites is 3. The highest BCUT2D eigenvalue weighted by Gasteiger charge is 2.29. The maximum Gasteiger partial charge on any atom is 0.246 e. The summed E-state index contributed by atoms with van der Waals surface area (Å²) < 4.78 is 0. The molecule has 1 aliphatic rings. The van der Waals surface area contributed by atoms with Gasteiger partial charge in [0, 0.05) is 18.2 Å². The first-order chi connectivity index (χ1) is 11.6. The lowest BCUT2D eigenvalue weighted by Gasteiger charge is -2.28. The molecule has 2 N–H and O–H groups in total. The summed E-state index contributed by atoms with van der Waals surface area (Å²) in [6.45, 7) is 4.07. The highest BCUT2D eigenvalue weighted by Crippen LogP contribution is 2.31. The molecular formula is C19H21N3O2. The molecule has 0 radical (unpaired) electrons. The summed E-state index contributed by atoms with van der Waals surface area (Å²) in [5.41, 5.74) is 3.45. The van der Waals surface area contributed by atoms with Gasteiger partial charge in [-0.25, -0.2) is 0 Å². The summed E-state index contributed by atoms with van der Waals surface area (Å²) in [7, 11) is 0. The van der Waals surface area contributed by atoms with Gasteiger partial charge in [-0.3, -0.25) is 9.59 Å². The molecular weight excluding hydrogens is 302 g/mol. The van der Waals surface area contributed by atoms with Gasteiger partial charge in [0.15, 0.2) is 0 Å². The Balaban J connectivity index is 1.83. The van der Waals surface area contributed by atoms with Crippen molar-refractivity contribution in [2.75, 3.05) is 22.1 Å². The van der Waals surface area contributed by atoms with E-state index in [9.17, 15) is 9.59 Å². The summed E-state index contributed by atoms with van der Waals surface area (Å²) >= 11 is 0. The van der Waals surface area contributed by atoms with Crippen LogP contribution in [0.4, 0.5) is 17.1 Å². The Morgan fingerprint density at radius 2 is 1.92 bits per heavy atom. The third kappa shape index (κ3) is 3.25. The smallest absolute Gasteiger partial charge is 0.246 e. The molecule has 2 amide bonds. The van der Waals surface area contributed by atoms with Crippen molar-refractivity contribution in [3.8, 4) is 0 Å². The van der Waals surface area contributed by atoms with Gasteiger partial charge in [-0.1, -0.05) is 30.3 Å². The van der Waals surface area contributed by atoms with E-state index in [0.29, 0.717) is 5.69 Å². The second kappa shape index (κ2) is 6.74. The van der Waals surface area contributed by atoms with Gasteiger partial charge in [0.2, 0.25) is 11.8 Å². The van der Waals surface area contributed by atoms with Crippen molar-refractivity contribution in [3.63, 3.8) is 0 Å². The first kappa shape index (κ1) is 16.1. The number of nitrogens with one attached hydrogen (secondary N) is 2. The largest absolute Gasteiger partial charge is 0.376 e. The van der Waals surface area contributed by atoms with Crippen LogP contribution in [-0.4, -0.2) is 24.4 Å². The molecule has 0 saturated heterocycles. The number of anilines is 3. The lowest BCUT2D eigenvalue weighted by atomic mass is 10.1. The number of amides is 2. The number of aryl methyl sites for hydroxylation is 1. The van der Waals surface area contributed by atoms with Gasteiger partial charge >= 0.3 is 0 Å². The predicted molar refractivity (Wildman–Crippen MR) is 96.3 cm³/mol. The monoisotopic (exact) mass is 323 g/mol. The van der Waals surface area contributed by atoms with Gasteiger partial charge in [0.1, 0.15) is 0 Å². The van der Waals surface area contributed by atoms with Crippen LogP contribution in [0.2, 0.25) is 0 Å². The molecule has 0 bridgehead atoms. The zero-order valence-electron chi connectivity index (χ0n) is 13.9. The fraction of sp³-hybridized carbons (Fsp3) is 0.263. The average Bonchev–Trinajstić information content (AvgIpc) is 2.68. The van der Waals surface area contributed by atoms with E-state index in [-0.39, 0.29) is 30.8 Å². The van der Waals surface area contributed by atoms with E-state index in [1.54, 1.807) is 4.90 Å². The standard InChI is InChI=1S/C19H21N3O2/c1-13-7-3-4-8-15(13)20-12-19(24)22-14(2)11-18(23)21-16-9-5-6-10-17(16)22/h3-10,14,20H,11-12H2,1-2H3,(H,21,23)/t14-/m1/s1. The van der Waals surface area contributed by atoms with Crippen LogP contribution in [0, 0.1) is 6.92 Å². The summed E-state index contributed by atoms with van der Waals surface area (Å²) in [5, 5.41) is 6.06. The zero-order chi connectivity index (χ0) is 17.1. The minimum absolute atomic E-state index is 0.0605. The van der Waals surface area contributed by atoms with Crippen molar-refractivity contribution in [2.24, 2.45) is 0 Å². The van der Waals surface area contributed by atoms with Crippen LogP contribution in [0.3, 0.4) is 0 Å². The second-order valence-corrected chi connectivity index (χ2v) is 6.05. The second-order valence-electron chi connectivity index (χ2n) is 6.05. The molecule has 0 saturated carbocycles. The number of fused-ring (bicyclic) bond motifs is 1. The fourth-order valence-electron chi connectivity index (χ4n) is 3.00. The molecule has 0 aromatic heterocycles. The molecule has 2 aromatic rings. The minimum atomic E-state index is -0.195. The number of benzene rings is 2. The maximum absolute atomic E-state index is 12.8. The first-order valence-electron chi connectivity index (χ1n) is 8.06. The van der Waals surface area contributed by atoms with Crippen LogP contribution in [0.1, 0.15) is 18.9 Å². The lowest BCUT2D eigenvalue weighted by molar-refractivity contribution is -0.118. The number of nitrogens with zero attached hydrogens (tertiary/aromatic N) is 1. The molecule has 1 heterocycles. The molecule has 5 nitrogen and oxygen atoms in total. The first-order valence-corrected chi connectivity index (χ1v) is 8.06. The van der Waals surface area contributed by atoms with E-state index >= 15 is 0 Å². The zero-order valence-corrected chi connectivity index (χ0v) is 13.9.